The average Bonchev–Trinajstić information content (AvgIpc) is 3.29. The van der Waals surface area contributed by atoms with Crippen LogP contribution in [0.15, 0.2) is 42.5 Å². The first-order valence-electron chi connectivity index (χ1n) is 10.3. The number of carbonyl (C=O) groups excluding carboxylic acids is 1. The fraction of sp³-hybridized carbons (Fsp3) is 0.375. The molecule has 0 saturated carbocycles. The number of likely N-dealkylation sites (tertiary alicyclic amines) is 1. The Morgan fingerprint density at radius 2 is 1.53 bits per heavy atom. The van der Waals surface area contributed by atoms with Crippen molar-refractivity contribution in [1.82, 2.24) is 5.32 Å². The number of amides is 1. The Hall–Kier alpha value is -2.99. The van der Waals surface area contributed by atoms with Crippen LogP contribution >= 0.6 is 0 Å². The van der Waals surface area contributed by atoms with Gasteiger partial charge in [0.15, 0.2) is 11.5 Å². The van der Waals surface area contributed by atoms with Crippen LogP contribution in [0.25, 0.3) is 6.08 Å². The van der Waals surface area contributed by atoms with E-state index in [0.29, 0.717) is 23.8 Å². The number of benzene rings is 2. The molecule has 1 amide bonds. The fourth-order valence-corrected chi connectivity index (χ4v) is 3.71. The van der Waals surface area contributed by atoms with Gasteiger partial charge in [-0.05, 0) is 17.7 Å². The molecule has 0 aliphatic carbocycles. The highest BCUT2D eigenvalue weighted by atomic mass is 16.5. The van der Waals surface area contributed by atoms with Crippen molar-refractivity contribution >= 4 is 12.0 Å². The van der Waals surface area contributed by atoms with Gasteiger partial charge in [-0.2, -0.15) is 0 Å². The van der Waals surface area contributed by atoms with E-state index in [1.165, 1.54) is 37.6 Å². The standard InChI is InChI=1S/C24H30N2O4/c1-28-21-15-23(30-3)22(29-2)14-20(21)10-11-24(27)25-16-18-6-8-19(9-7-18)17-26-12-4-5-13-26/h6-11,14-15H,4-5,12-13,16-17H2,1-3H3,(H,25,27)/p+1/b11-10+. The Kier molecular flexibility index (Phi) is 7.74. The van der Waals surface area contributed by atoms with Crippen LogP contribution in [0.2, 0.25) is 0 Å². The Bertz CT molecular complexity index is 872. The smallest absolute Gasteiger partial charge is 0.244 e. The summed E-state index contributed by atoms with van der Waals surface area (Å²) in [5.74, 6) is 1.59. The molecule has 3 rings (SSSR count). The van der Waals surface area contributed by atoms with Gasteiger partial charge in [-0.1, -0.05) is 24.3 Å². The third-order valence-corrected chi connectivity index (χ3v) is 5.40. The normalized spacial score (nSPS) is 14.1. The molecular weight excluding hydrogens is 380 g/mol. The molecule has 0 bridgehead atoms. The molecule has 2 N–H and O–H groups in total. The SMILES string of the molecule is COc1cc(OC)c(OC)cc1/C=C/C(=O)NCc1ccc(C[NH+]2CCCC2)cc1. The van der Waals surface area contributed by atoms with E-state index >= 15 is 0 Å². The zero-order valence-electron chi connectivity index (χ0n) is 18.0. The minimum Gasteiger partial charge on any atom is -0.496 e. The number of nitrogens with one attached hydrogen (secondary N) is 2. The van der Waals surface area contributed by atoms with Gasteiger partial charge in [-0.25, -0.2) is 0 Å². The lowest BCUT2D eigenvalue weighted by Crippen LogP contribution is -3.08. The molecule has 1 heterocycles. The molecule has 0 atom stereocenters. The van der Waals surface area contributed by atoms with Crippen LogP contribution in [-0.4, -0.2) is 40.3 Å². The number of ether oxygens (including phenoxy) is 3. The van der Waals surface area contributed by atoms with Gasteiger partial charge in [0.25, 0.3) is 0 Å². The first-order valence-corrected chi connectivity index (χ1v) is 10.3. The van der Waals surface area contributed by atoms with Gasteiger partial charge in [-0.3, -0.25) is 4.79 Å². The highest BCUT2D eigenvalue weighted by molar-refractivity contribution is 5.92. The van der Waals surface area contributed by atoms with Crippen LogP contribution in [0.1, 0.15) is 29.5 Å². The summed E-state index contributed by atoms with van der Waals surface area (Å²) < 4.78 is 16.0. The van der Waals surface area contributed by atoms with Crippen molar-refractivity contribution in [3.05, 3.63) is 59.2 Å². The molecule has 1 saturated heterocycles. The van der Waals surface area contributed by atoms with E-state index in [1.807, 2.05) is 0 Å². The molecule has 0 spiro atoms. The number of hydrogen-bond acceptors (Lipinski definition) is 4. The summed E-state index contributed by atoms with van der Waals surface area (Å²) in [6, 6.07) is 12.0. The number of methoxy groups -OCH3 is 3. The van der Waals surface area contributed by atoms with Crippen LogP contribution in [0.5, 0.6) is 17.2 Å². The molecule has 0 radical (unpaired) electrons. The van der Waals surface area contributed by atoms with Gasteiger partial charge < -0.3 is 24.4 Å². The summed E-state index contributed by atoms with van der Waals surface area (Å²) in [6.45, 7) is 4.12. The molecule has 1 aliphatic heterocycles. The van der Waals surface area contributed by atoms with E-state index in [1.54, 1.807) is 44.4 Å². The molecule has 30 heavy (non-hydrogen) atoms. The highest BCUT2D eigenvalue weighted by Gasteiger charge is 2.15. The lowest BCUT2D eigenvalue weighted by molar-refractivity contribution is -0.901. The van der Waals surface area contributed by atoms with Crippen molar-refractivity contribution in [3.8, 4) is 17.2 Å². The zero-order valence-corrected chi connectivity index (χ0v) is 18.0. The molecule has 0 unspecified atom stereocenters. The van der Waals surface area contributed by atoms with E-state index < -0.39 is 0 Å². The maximum atomic E-state index is 12.3. The van der Waals surface area contributed by atoms with Crippen molar-refractivity contribution in [2.75, 3.05) is 34.4 Å². The van der Waals surface area contributed by atoms with Gasteiger partial charge >= 0.3 is 0 Å². The molecule has 2 aromatic rings. The van der Waals surface area contributed by atoms with Crippen LogP contribution in [0, 0.1) is 0 Å². The van der Waals surface area contributed by atoms with Crippen molar-refractivity contribution in [3.63, 3.8) is 0 Å². The minimum atomic E-state index is -0.169. The molecular formula is C24H31N2O4+. The van der Waals surface area contributed by atoms with Gasteiger partial charge in [-0.15, -0.1) is 0 Å². The number of quaternary nitrogens is 1. The maximum absolute atomic E-state index is 12.3. The summed E-state index contributed by atoms with van der Waals surface area (Å²) in [5.41, 5.74) is 3.17. The monoisotopic (exact) mass is 411 g/mol. The average molecular weight is 412 g/mol. The lowest BCUT2D eigenvalue weighted by Gasteiger charge is -2.12. The Balaban J connectivity index is 1.55. The Morgan fingerprint density at radius 3 is 2.17 bits per heavy atom. The van der Waals surface area contributed by atoms with Crippen molar-refractivity contribution < 1.29 is 23.9 Å². The minimum absolute atomic E-state index is 0.169. The van der Waals surface area contributed by atoms with Crippen molar-refractivity contribution in [2.24, 2.45) is 0 Å². The van der Waals surface area contributed by atoms with E-state index in [-0.39, 0.29) is 5.91 Å². The van der Waals surface area contributed by atoms with Gasteiger partial charge in [0.2, 0.25) is 5.91 Å². The topological polar surface area (TPSA) is 61.2 Å². The second-order valence-corrected chi connectivity index (χ2v) is 7.45. The first-order chi connectivity index (χ1) is 14.6. The molecule has 1 fully saturated rings. The number of rotatable bonds is 9. The summed E-state index contributed by atoms with van der Waals surface area (Å²) in [5, 5.41) is 2.92. The van der Waals surface area contributed by atoms with Crippen LogP contribution in [0.3, 0.4) is 0 Å². The largest absolute Gasteiger partial charge is 0.496 e. The number of hydrogen-bond donors (Lipinski definition) is 2. The van der Waals surface area contributed by atoms with Gasteiger partial charge in [0, 0.05) is 42.7 Å². The predicted octanol–water partition coefficient (Wildman–Crippen LogP) is 2.22. The third-order valence-electron chi connectivity index (χ3n) is 5.40. The lowest BCUT2D eigenvalue weighted by atomic mass is 10.1. The van der Waals surface area contributed by atoms with Gasteiger partial charge in [0.05, 0.1) is 34.4 Å². The third kappa shape index (κ3) is 5.76. The molecule has 6 nitrogen and oxygen atoms in total. The van der Waals surface area contributed by atoms with Crippen molar-refractivity contribution in [2.45, 2.75) is 25.9 Å². The molecule has 160 valence electrons. The van der Waals surface area contributed by atoms with Crippen LogP contribution in [-0.2, 0) is 17.9 Å². The van der Waals surface area contributed by atoms with Gasteiger partial charge in [0.1, 0.15) is 12.3 Å². The zero-order chi connectivity index (χ0) is 21.3. The Morgan fingerprint density at radius 1 is 0.933 bits per heavy atom. The van der Waals surface area contributed by atoms with E-state index in [9.17, 15) is 4.79 Å². The molecule has 1 aliphatic rings. The number of carbonyl (C=O) groups is 1. The molecule has 0 aromatic heterocycles. The van der Waals surface area contributed by atoms with E-state index in [4.69, 9.17) is 14.2 Å². The summed E-state index contributed by atoms with van der Waals surface area (Å²) in [4.78, 5) is 13.9. The first kappa shape index (κ1) is 21.7. The predicted molar refractivity (Wildman–Crippen MR) is 117 cm³/mol. The molecule has 6 heteroatoms. The highest BCUT2D eigenvalue weighted by Crippen LogP contribution is 2.35. The second-order valence-electron chi connectivity index (χ2n) is 7.45. The van der Waals surface area contributed by atoms with E-state index in [2.05, 4.69) is 29.6 Å². The Labute approximate surface area is 178 Å². The quantitative estimate of drug-likeness (QED) is 0.622. The fourth-order valence-electron chi connectivity index (χ4n) is 3.71. The summed E-state index contributed by atoms with van der Waals surface area (Å²) in [6.07, 6.45) is 5.87. The second kappa shape index (κ2) is 10.7. The maximum Gasteiger partial charge on any atom is 0.244 e. The molecule has 2 aromatic carbocycles. The van der Waals surface area contributed by atoms with Crippen LogP contribution < -0.4 is 24.4 Å². The van der Waals surface area contributed by atoms with E-state index in [0.717, 1.165) is 17.7 Å². The van der Waals surface area contributed by atoms with Crippen LogP contribution in [0.4, 0.5) is 0 Å². The summed E-state index contributed by atoms with van der Waals surface area (Å²) >= 11 is 0. The summed E-state index contributed by atoms with van der Waals surface area (Å²) in [7, 11) is 4.72. The van der Waals surface area contributed by atoms with Crippen molar-refractivity contribution in [1.29, 1.82) is 0 Å².